The molecule has 3 heterocycles. The second kappa shape index (κ2) is 15.1. The Balaban J connectivity index is 1.42. The molecule has 0 aromatic heterocycles. The Bertz CT molecular complexity index is 1750. The molecular weight excluding hydrogens is 661 g/mol. The predicted molar refractivity (Wildman–Crippen MR) is 202 cm³/mol. The Kier molecular flexibility index (Phi) is 10.8. The van der Waals surface area contributed by atoms with Gasteiger partial charge in [0.1, 0.15) is 5.75 Å². The molecule has 6 rings (SSSR count). The van der Waals surface area contributed by atoms with Gasteiger partial charge in [-0.15, -0.1) is 6.58 Å². The lowest BCUT2D eigenvalue weighted by molar-refractivity contribution is -0.149. The van der Waals surface area contributed by atoms with E-state index in [-0.39, 0.29) is 61.3 Å². The predicted octanol–water partition coefficient (Wildman–Crippen LogP) is 4.55. The molecule has 1 spiro atoms. The Morgan fingerprint density at radius 3 is 2.55 bits per heavy atom. The van der Waals surface area contributed by atoms with Gasteiger partial charge >= 0.3 is 0 Å². The highest BCUT2D eigenvalue weighted by Gasteiger charge is 2.66. The minimum atomic E-state index is -2.51. The third-order valence-corrected chi connectivity index (χ3v) is 15.5. The first-order valence-corrected chi connectivity index (χ1v) is 21.0. The fourth-order valence-electron chi connectivity index (χ4n) is 8.56. The number of carbonyl (C=O) groups is 3. The summed E-state index contributed by atoms with van der Waals surface area (Å²) >= 11 is 0. The number of nitrogens with zero attached hydrogens (tertiary/aromatic N) is 2. The monoisotopic (exact) mass is 710 g/mol. The summed E-state index contributed by atoms with van der Waals surface area (Å²) in [4.78, 5) is 45.7. The van der Waals surface area contributed by atoms with Crippen molar-refractivity contribution >= 4 is 42.4 Å². The van der Waals surface area contributed by atoms with Gasteiger partial charge < -0.3 is 35.0 Å². The molecule has 2 saturated heterocycles. The second-order valence-electron chi connectivity index (χ2n) is 14.5. The van der Waals surface area contributed by atoms with Crippen molar-refractivity contribution in [2.45, 2.75) is 69.1 Å². The fourth-order valence-corrected chi connectivity index (χ4v) is 12.6. The maximum absolute atomic E-state index is 14.9. The van der Waals surface area contributed by atoms with Crippen LogP contribution < -0.4 is 25.5 Å². The van der Waals surface area contributed by atoms with Crippen LogP contribution in [0.2, 0.25) is 18.6 Å². The molecule has 0 radical (unpaired) electrons. The summed E-state index contributed by atoms with van der Waals surface area (Å²) in [6, 6.07) is 23.1. The minimum Gasteiger partial charge on any atom is -0.497 e. The summed E-state index contributed by atoms with van der Waals surface area (Å²) in [7, 11) is -0.873. The number of aliphatic hydroxyl groups excluding tert-OH is 1. The van der Waals surface area contributed by atoms with E-state index in [0.29, 0.717) is 23.5 Å². The van der Waals surface area contributed by atoms with Gasteiger partial charge in [-0.25, -0.2) is 0 Å². The molecule has 3 aliphatic rings. The molecule has 2 fully saturated rings. The number of aliphatic hydroxyl groups is 1. The quantitative estimate of drug-likeness (QED) is 0.176. The van der Waals surface area contributed by atoms with Gasteiger partial charge in [0.2, 0.25) is 11.8 Å². The van der Waals surface area contributed by atoms with Gasteiger partial charge in [0.25, 0.3) is 5.91 Å². The number of methoxy groups -OCH3 is 1. The van der Waals surface area contributed by atoms with Crippen LogP contribution in [0.4, 0.5) is 11.4 Å². The van der Waals surface area contributed by atoms with Gasteiger partial charge in [0.15, 0.2) is 5.60 Å². The number of fused-ring (bicyclic) bond motifs is 2. The van der Waals surface area contributed by atoms with Gasteiger partial charge in [-0.05, 0) is 60.8 Å². The SMILES string of the molecule is C=CCN1C(=O)[C@]2(O[C@H](CC(=O)N(CCO)Cc3ccccc3)[C@@H]([Si](C)(C)c3ccc(OC)cc3)[C@@H]2C)c2cc(NC(=O)[C@H]3CCCN3)ccc21. The molecule has 51 heavy (non-hydrogen) atoms. The van der Waals surface area contributed by atoms with Crippen molar-refractivity contribution in [2.24, 2.45) is 5.92 Å². The molecule has 3 aliphatic heterocycles. The topological polar surface area (TPSA) is 120 Å². The average molecular weight is 711 g/mol. The number of rotatable bonds is 13. The van der Waals surface area contributed by atoms with Gasteiger partial charge in [0.05, 0.1) is 46.0 Å². The molecule has 0 aliphatic carbocycles. The average Bonchev–Trinajstić information content (AvgIpc) is 3.83. The standard InChI is InChI=1S/C40H50N4O6Si/c1-6-21-44-34-19-14-29(42-38(47)33-13-10-20-41-33)24-32(34)40(39(44)48)27(2)37(51(4,5)31-17-15-30(49-3)16-18-31)35(50-40)25-36(46)43(22-23-45)26-28-11-8-7-9-12-28/h6-9,11-12,14-19,24,27,33,35,37,41,45H,1,10,13,20-23,25-26H2,2-5H3,(H,42,47)/t27-,33+,35+,37-,40+/m0/s1. The summed E-state index contributed by atoms with van der Waals surface area (Å²) < 4.78 is 12.6. The first kappa shape index (κ1) is 36.5. The zero-order valence-electron chi connectivity index (χ0n) is 30.1. The Morgan fingerprint density at radius 2 is 1.90 bits per heavy atom. The summed E-state index contributed by atoms with van der Waals surface area (Å²) in [6.07, 6.45) is 2.86. The Hall–Kier alpha value is -4.29. The smallest absolute Gasteiger partial charge is 0.264 e. The van der Waals surface area contributed by atoms with E-state index in [1.165, 1.54) is 0 Å². The number of amides is 3. The van der Waals surface area contributed by atoms with Crippen LogP contribution in [0.25, 0.3) is 0 Å². The number of ether oxygens (including phenoxy) is 2. The first-order chi connectivity index (χ1) is 24.5. The van der Waals surface area contributed by atoms with Crippen molar-refractivity contribution in [3.05, 3.63) is 96.6 Å². The molecule has 3 N–H and O–H groups in total. The molecule has 5 atom stereocenters. The molecule has 10 nitrogen and oxygen atoms in total. The summed E-state index contributed by atoms with van der Waals surface area (Å²) in [6.45, 7) is 12.0. The molecular formula is C40H50N4O6Si. The lowest BCUT2D eigenvalue weighted by Gasteiger charge is -2.37. The summed E-state index contributed by atoms with van der Waals surface area (Å²) in [5.74, 6) is -0.0217. The van der Waals surface area contributed by atoms with Crippen LogP contribution in [-0.4, -0.2) is 81.3 Å². The maximum Gasteiger partial charge on any atom is 0.264 e. The van der Waals surface area contributed by atoms with Crippen LogP contribution >= 0.6 is 0 Å². The Labute approximate surface area is 301 Å². The van der Waals surface area contributed by atoms with E-state index in [2.05, 4.69) is 49.4 Å². The molecule has 3 aromatic rings. The summed E-state index contributed by atoms with van der Waals surface area (Å²) in [5, 5.41) is 17.5. The second-order valence-corrected chi connectivity index (χ2v) is 19.1. The Morgan fingerprint density at radius 1 is 1.16 bits per heavy atom. The largest absolute Gasteiger partial charge is 0.497 e. The van der Waals surface area contributed by atoms with Crippen molar-refractivity contribution in [3.8, 4) is 5.75 Å². The van der Waals surface area contributed by atoms with E-state index >= 15 is 0 Å². The van der Waals surface area contributed by atoms with E-state index in [4.69, 9.17) is 9.47 Å². The number of hydrogen-bond acceptors (Lipinski definition) is 7. The lowest BCUT2D eigenvalue weighted by atomic mass is 9.82. The van der Waals surface area contributed by atoms with E-state index in [1.807, 2.05) is 60.7 Å². The van der Waals surface area contributed by atoms with E-state index in [1.54, 1.807) is 23.0 Å². The third-order valence-electron chi connectivity index (χ3n) is 11.1. The van der Waals surface area contributed by atoms with Crippen LogP contribution in [0.15, 0.2) is 85.5 Å². The third kappa shape index (κ3) is 6.87. The van der Waals surface area contributed by atoms with Crippen LogP contribution in [0, 0.1) is 5.92 Å². The maximum atomic E-state index is 14.9. The zero-order valence-corrected chi connectivity index (χ0v) is 31.1. The van der Waals surface area contributed by atoms with Crippen molar-refractivity contribution in [3.63, 3.8) is 0 Å². The fraction of sp³-hybridized carbons (Fsp3) is 0.425. The molecule has 0 bridgehead atoms. The number of benzene rings is 3. The highest BCUT2D eigenvalue weighted by atomic mass is 28.3. The molecule has 0 saturated carbocycles. The summed E-state index contributed by atoms with van der Waals surface area (Å²) in [5.41, 5.74) is 1.40. The molecule has 270 valence electrons. The van der Waals surface area contributed by atoms with Crippen LogP contribution in [0.3, 0.4) is 0 Å². The number of carbonyl (C=O) groups excluding carboxylic acids is 3. The lowest BCUT2D eigenvalue weighted by Crippen LogP contribution is -2.52. The van der Waals surface area contributed by atoms with Gasteiger partial charge in [0, 0.05) is 36.8 Å². The van der Waals surface area contributed by atoms with Crippen molar-refractivity contribution < 1.29 is 29.0 Å². The molecule has 11 heteroatoms. The van der Waals surface area contributed by atoms with Gasteiger partial charge in [-0.3, -0.25) is 14.4 Å². The molecule has 3 amide bonds. The van der Waals surface area contributed by atoms with E-state index < -0.39 is 19.8 Å². The van der Waals surface area contributed by atoms with Crippen LogP contribution in [-0.2, 0) is 31.3 Å². The van der Waals surface area contributed by atoms with Crippen molar-refractivity contribution in [1.29, 1.82) is 0 Å². The highest BCUT2D eigenvalue weighted by Crippen LogP contribution is 2.60. The van der Waals surface area contributed by atoms with Crippen LogP contribution in [0.5, 0.6) is 5.75 Å². The number of nitrogens with one attached hydrogen (secondary N) is 2. The van der Waals surface area contributed by atoms with Gasteiger partial charge in [-0.1, -0.05) is 73.7 Å². The molecule has 3 aromatic carbocycles. The number of anilines is 2. The minimum absolute atomic E-state index is 0.0457. The van der Waals surface area contributed by atoms with Crippen LogP contribution in [0.1, 0.15) is 37.3 Å². The van der Waals surface area contributed by atoms with E-state index in [0.717, 1.165) is 35.9 Å². The normalized spacial score (nSPS) is 24.1. The highest BCUT2D eigenvalue weighted by molar-refractivity contribution is 6.91. The zero-order chi connectivity index (χ0) is 36.3. The van der Waals surface area contributed by atoms with E-state index in [9.17, 15) is 19.5 Å². The molecule has 0 unspecified atom stereocenters. The first-order valence-electron chi connectivity index (χ1n) is 17.9. The number of hydrogen-bond donors (Lipinski definition) is 3. The van der Waals surface area contributed by atoms with Gasteiger partial charge in [-0.2, -0.15) is 0 Å². The van der Waals surface area contributed by atoms with Crippen molar-refractivity contribution in [1.82, 2.24) is 10.2 Å². The van der Waals surface area contributed by atoms with Crippen molar-refractivity contribution in [2.75, 3.05) is 43.6 Å².